The van der Waals surface area contributed by atoms with Crippen molar-refractivity contribution in [3.05, 3.63) is 48.0 Å². The zero-order chi connectivity index (χ0) is 20.7. The third-order valence-corrected chi connectivity index (χ3v) is 4.56. The first-order valence-electron chi connectivity index (χ1n) is 8.02. The fourth-order valence-corrected chi connectivity index (χ4v) is 2.79. The molecule has 2 aromatic rings. The summed E-state index contributed by atoms with van der Waals surface area (Å²) in [5.41, 5.74) is 0.981. The lowest BCUT2D eigenvalue weighted by atomic mass is 10.1. The van der Waals surface area contributed by atoms with Crippen molar-refractivity contribution in [2.45, 2.75) is 11.3 Å². The van der Waals surface area contributed by atoms with Crippen LogP contribution in [0, 0.1) is 0 Å². The Morgan fingerprint density at radius 1 is 1.00 bits per heavy atom. The highest BCUT2D eigenvalue weighted by Crippen LogP contribution is 2.27. The van der Waals surface area contributed by atoms with Gasteiger partial charge in [0.2, 0.25) is 10.0 Å². The van der Waals surface area contributed by atoms with Gasteiger partial charge in [0.1, 0.15) is 0 Å². The molecule has 0 aromatic heterocycles. The number of nitrogens with two attached hydrogens (primary N) is 1. The van der Waals surface area contributed by atoms with Crippen LogP contribution < -0.4 is 19.9 Å². The molecule has 0 radical (unpaired) electrons. The number of rotatable bonds is 8. The number of benzene rings is 2. The molecule has 1 amide bonds. The quantitative estimate of drug-likeness (QED) is 0.624. The lowest BCUT2D eigenvalue weighted by Gasteiger charge is -2.10. The standard InChI is InChI=1S/C18H20N2O7S/c1-25-15-8-3-12(9-16(15)26-2)10-18(22)27-11-17(21)20-13-4-6-14(7-5-13)28(19,23)24/h3-9H,10-11H2,1-2H3,(H,20,21)(H2,19,23,24). The molecule has 0 atom stereocenters. The molecule has 0 saturated heterocycles. The maximum atomic E-state index is 11.9. The molecule has 0 aliphatic carbocycles. The van der Waals surface area contributed by atoms with E-state index in [9.17, 15) is 18.0 Å². The maximum absolute atomic E-state index is 11.9. The van der Waals surface area contributed by atoms with Crippen molar-refractivity contribution in [1.29, 1.82) is 0 Å². The second-order valence-electron chi connectivity index (χ2n) is 5.64. The van der Waals surface area contributed by atoms with Crippen LogP contribution in [0.1, 0.15) is 5.56 Å². The third kappa shape index (κ3) is 5.96. The van der Waals surface area contributed by atoms with Crippen LogP contribution in [0.2, 0.25) is 0 Å². The molecule has 0 saturated carbocycles. The first-order valence-corrected chi connectivity index (χ1v) is 9.57. The van der Waals surface area contributed by atoms with Crippen LogP contribution in [0.15, 0.2) is 47.4 Å². The van der Waals surface area contributed by atoms with Crippen LogP contribution in [0.25, 0.3) is 0 Å². The Balaban J connectivity index is 1.86. The van der Waals surface area contributed by atoms with E-state index in [1.54, 1.807) is 18.2 Å². The highest BCUT2D eigenvalue weighted by molar-refractivity contribution is 7.89. The van der Waals surface area contributed by atoms with Crippen molar-refractivity contribution in [2.75, 3.05) is 26.1 Å². The molecule has 0 aliphatic rings. The number of esters is 1. The Morgan fingerprint density at radius 2 is 1.64 bits per heavy atom. The van der Waals surface area contributed by atoms with Gasteiger partial charge in [-0.2, -0.15) is 0 Å². The van der Waals surface area contributed by atoms with Crippen molar-refractivity contribution < 1.29 is 32.2 Å². The average Bonchev–Trinajstić information content (AvgIpc) is 2.66. The highest BCUT2D eigenvalue weighted by Gasteiger charge is 2.12. The van der Waals surface area contributed by atoms with Gasteiger partial charge in [0.15, 0.2) is 18.1 Å². The van der Waals surface area contributed by atoms with Crippen molar-refractivity contribution in [3.8, 4) is 11.5 Å². The molecule has 0 fully saturated rings. The monoisotopic (exact) mass is 408 g/mol. The van der Waals surface area contributed by atoms with Crippen LogP contribution in [0.3, 0.4) is 0 Å². The fraction of sp³-hybridized carbons (Fsp3) is 0.222. The Bertz CT molecular complexity index is 956. The molecular formula is C18H20N2O7S. The minimum Gasteiger partial charge on any atom is -0.493 e. The summed E-state index contributed by atoms with van der Waals surface area (Å²) in [4.78, 5) is 23.7. The van der Waals surface area contributed by atoms with E-state index >= 15 is 0 Å². The molecule has 0 spiro atoms. The summed E-state index contributed by atoms with van der Waals surface area (Å²) in [5.74, 6) is -0.142. The van der Waals surface area contributed by atoms with Gasteiger partial charge in [0, 0.05) is 5.69 Å². The molecule has 0 aliphatic heterocycles. The summed E-state index contributed by atoms with van der Waals surface area (Å²) in [7, 11) is -0.815. The van der Waals surface area contributed by atoms with E-state index in [1.165, 1.54) is 38.5 Å². The predicted octanol–water partition coefficient (Wildman–Crippen LogP) is 1.08. The number of ether oxygens (including phenoxy) is 3. The zero-order valence-electron chi connectivity index (χ0n) is 15.3. The van der Waals surface area contributed by atoms with Gasteiger partial charge in [0.25, 0.3) is 5.91 Å². The van der Waals surface area contributed by atoms with E-state index in [1.807, 2.05) is 0 Å². The number of amides is 1. The minimum absolute atomic E-state index is 0.0449. The summed E-state index contributed by atoms with van der Waals surface area (Å²) in [6, 6.07) is 10.3. The van der Waals surface area contributed by atoms with E-state index in [4.69, 9.17) is 19.3 Å². The topological polar surface area (TPSA) is 134 Å². The third-order valence-electron chi connectivity index (χ3n) is 3.63. The van der Waals surface area contributed by atoms with Gasteiger partial charge < -0.3 is 19.5 Å². The van der Waals surface area contributed by atoms with Crippen LogP contribution in [0.4, 0.5) is 5.69 Å². The summed E-state index contributed by atoms with van der Waals surface area (Å²) in [6.07, 6.45) is -0.0449. The smallest absolute Gasteiger partial charge is 0.310 e. The molecule has 2 aromatic carbocycles. The van der Waals surface area contributed by atoms with Gasteiger partial charge in [-0.3, -0.25) is 9.59 Å². The van der Waals surface area contributed by atoms with Crippen molar-refractivity contribution in [3.63, 3.8) is 0 Å². The Kier molecular flexibility index (Phi) is 6.96. The number of methoxy groups -OCH3 is 2. The van der Waals surface area contributed by atoms with Gasteiger partial charge in [-0.05, 0) is 42.0 Å². The van der Waals surface area contributed by atoms with Crippen molar-refractivity contribution in [1.82, 2.24) is 0 Å². The summed E-state index contributed by atoms with van der Waals surface area (Å²) in [5, 5.41) is 7.48. The van der Waals surface area contributed by atoms with Crippen LogP contribution >= 0.6 is 0 Å². The molecule has 2 rings (SSSR count). The minimum atomic E-state index is -3.81. The second kappa shape index (κ2) is 9.20. The summed E-state index contributed by atoms with van der Waals surface area (Å²) >= 11 is 0. The fourth-order valence-electron chi connectivity index (χ4n) is 2.28. The van der Waals surface area contributed by atoms with E-state index in [0.29, 0.717) is 22.7 Å². The molecule has 0 unspecified atom stereocenters. The number of carbonyl (C=O) groups excluding carboxylic acids is 2. The number of nitrogens with one attached hydrogen (secondary N) is 1. The Morgan fingerprint density at radius 3 is 2.21 bits per heavy atom. The molecule has 0 bridgehead atoms. The maximum Gasteiger partial charge on any atom is 0.310 e. The van der Waals surface area contributed by atoms with Crippen molar-refractivity contribution in [2.24, 2.45) is 5.14 Å². The van der Waals surface area contributed by atoms with E-state index < -0.39 is 28.5 Å². The predicted molar refractivity (Wildman–Crippen MR) is 101 cm³/mol. The lowest BCUT2D eigenvalue weighted by Crippen LogP contribution is -2.21. The van der Waals surface area contributed by atoms with Crippen LogP contribution in [-0.4, -0.2) is 41.1 Å². The van der Waals surface area contributed by atoms with Crippen LogP contribution in [0.5, 0.6) is 11.5 Å². The first-order chi connectivity index (χ1) is 13.2. The molecule has 28 heavy (non-hydrogen) atoms. The van der Waals surface area contributed by atoms with Gasteiger partial charge >= 0.3 is 5.97 Å². The Hall–Kier alpha value is -3.11. The van der Waals surface area contributed by atoms with E-state index in [-0.39, 0.29) is 11.3 Å². The van der Waals surface area contributed by atoms with E-state index in [2.05, 4.69) is 5.32 Å². The zero-order valence-corrected chi connectivity index (χ0v) is 16.1. The molecule has 3 N–H and O–H groups in total. The normalized spacial score (nSPS) is 10.8. The molecular weight excluding hydrogens is 388 g/mol. The van der Waals surface area contributed by atoms with E-state index in [0.717, 1.165) is 0 Å². The Labute approximate surface area is 162 Å². The number of anilines is 1. The number of hydrogen-bond donors (Lipinski definition) is 2. The first kappa shape index (κ1) is 21.2. The SMILES string of the molecule is COc1ccc(CC(=O)OCC(=O)Nc2ccc(S(N)(=O)=O)cc2)cc1OC. The highest BCUT2D eigenvalue weighted by atomic mass is 32.2. The van der Waals surface area contributed by atoms with Gasteiger partial charge in [-0.15, -0.1) is 0 Å². The van der Waals surface area contributed by atoms with Crippen LogP contribution in [-0.2, 0) is 30.8 Å². The number of hydrogen-bond acceptors (Lipinski definition) is 7. The number of carbonyl (C=O) groups is 2. The summed E-state index contributed by atoms with van der Waals surface area (Å²) < 4.78 is 37.6. The second-order valence-corrected chi connectivity index (χ2v) is 7.21. The largest absolute Gasteiger partial charge is 0.493 e. The molecule has 0 heterocycles. The average molecular weight is 408 g/mol. The molecule has 9 nitrogen and oxygen atoms in total. The number of sulfonamides is 1. The summed E-state index contributed by atoms with van der Waals surface area (Å²) in [6.45, 7) is -0.483. The molecule has 10 heteroatoms. The van der Waals surface area contributed by atoms with Gasteiger partial charge in [-0.1, -0.05) is 6.07 Å². The van der Waals surface area contributed by atoms with Gasteiger partial charge in [0.05, 0.1) is 25.5 Å². The van der Waals surface area contributed by atoms with Gasteiger partial charge in [-0.25, -0.2) is 13.6 Å². The number of primary sulfonamides is 1. The van der Waals surface area contributed by atoms with Crippen molar-refractivity contribution >= 4 is 27.6 Å². The lowest BCUT2D eigenvalue weighted by molar-refractivity contribution is -0.146. The molecule has 150 valence electrons.